The van der Waals surface area contributed by atoms with Gasteiger partial charge in [-0.1, -0.05) is 17.8 Å². The monoisotopic (exact) mass is 270 g/mol. The average Bonchev–Trinajstić information content (AvgIpc) is 2.92. The number of aromatic nitrogens is 1. The summed E-state index contributed by atoms with van der Waals surface area (Å²) in [4.78, 5) is 4.51. The fourth-order valence-corrected chi connectivity index (χ4v) is 2.06. The molecule has 1 N–H and O–H groups in total. The summed E-state index contributed by atoms with van der Waals surface area (Å²) in [6.07, 6.45) is 7.73. The normalized spacial score (nSPS) is 11.1. The van der Waals surface area contributed by atoms with Crippen LogP contribution in [0.4, 0.5) is 5.69 Å². The van der Waals surface area contributed by atoms with Crippen LogP contribution in [0.1, 0.15) is 5.56 Å². The zero-order valence-electron chi connectivity index (χ0n) is 10.8. The van der Waals surface area contributed by atoms with E-state index in [1.54, 1.807) is 0 Å². The smallest absolute Gasteiger partial charge is 0.183 e. The molecule has 0 bridgehead atoms. The van der Waals surface area contributed by atoms with Crippen molar-refractivity contribution in [1.82, 2.24) is 9.88 Å². The second-order valence-electron chi connectivity index (χ2n) is 3.94. The molecule has 1 heterocycles. The molecule has 0 aliphatic carbocycles. The van der Waals surface area contributed by atoms with Crippen molar-refractivity contribution < 1.29 is 0 Å². The maximum atomic E-state index is 8.69. The van der Waals surface area contributed by atoms with Crippen molar-refractivity contribution in [2.45, 2.75) is 6.92 Å². The van der Waals surface area contributed by atoms with Crippen LogP contribution in [0, 0.1) is 18.4 Å². The number of benzene rings is 1. The SMILES string of the molecule is CSC(=Nc1cc(C)ccc1-n1cccc1)NC#N. The molecule has 2 aromatic rings. The highest BCUT2D eigenvalue weighted by molar-refractivity contribution is 8.13. The summed E-state index contributed by atoms with van der Waals surface area (Å²) in [6, 6.07) is 10.0. The van der Waals surface area contributed by atoms with E-state index in [0.717, 1.165) is 16.9 Å². The predicted molar refractivity (Wildman–Crippen MR) is 79.9 cm³/mol. The molecule has 0 saturated carbocycles. The first-order valence-corrected chi connectivity index (χ1v) is 6.99. The summed E-state index contributed by atoms with van der Waals surface area (Å²) in [6.45, 7) is 2.02. The van der Waals surface area contributed by atoms with Gasteiger partial charge in [-0.2, -0.15) is 5.26 Å². The molecule has 2 rings (SSSR count). The van der Waals surface area contributed by atoms with E-state index < -0.39 is 0 Å². The summed E-state index contributed by atoms with van der Waals surface area (Å²) in [5, 5.41) is 11.9. The number of amidine groups is 1. The molecule has 1 aromatic carbocycles. The first-order valence-electron chi connectivity index (χ1n) is 5.76. The van der Waals surface area contributed by atoms with Crippen molar-refractivity contribution in [2.24, 2.45) is 4.99 Å². The van der Waals surface area contributed by atoms with Gasteiger partial charge in [0.1, 0.15) is 0 Å². The zero-order valence-corrected chi connectivity index (χ0v) is 11.6. The lowest BCUT2D eigenvalue weighted by Crippen LogP contribution is -2.12. The van der Waals surface area contributed by atoms with Gasteiger partial charge in [0, 0.05) is 12.4 Å². The summed E-state index contributed by atoms with van der Waals surface area (Å²) < 4.78 is 2.00. The topological polar surface area (TPSA) is 53.1 Å². The number of hydrogen-bond acceptors (Lipinski definition) is 3. The number of thioether (sulfide) groups is 1. The maximum absolute atomic E-state index is 8.69. The highest BCUT2D eigenvalue weighted by atomic mass is 32.2. The third-order valence-electron chi connectivity index (χ3n) is 2.59. The van der Waals surface area contributed by atoms with Crippen LogP contribution in [0.15, 0.2) is 47.7 Å². The van der Waals surface area contributed by atoms with E-state index in [-0.39, 0.29) is 0 Å². The molecule has 0 saturated heterocycles. The number of hydrogen-bond donors (Lipinski definition) is 1. The van der Waals surface area contributed by atoms with Gasteiger partial charge in [0.2, 0.25) is 0 Å². The Morgan fingerprint density at radius 3 is 2.74 bits per heavy atom. The Labute approximate surface area is 116 Å². The molecule has 0 atom stereocenters. The number of nitriles is 1. The van der Waals surface area contributed by atoms with Crippen LogP contribution in [0.3, 0.4) is 0 Å². The predicted octanol–water partition coefficient (Wildman–Crippen LogP) is 3.21. The Hall–Kier alpha value is -2.19. The van der Waals surface area contributed by atoms with Crippen molar-refractivity contribution in [3.8, 4) is 11.9 Å². The highest BCUT2D eigenvalue weighted by Crippen LogP contribution is 2.25. The van der Waals surface area contributed by atoms with Gasteiger partial charge in [0.25, 0.3) is 0 Å². The average molecular weight is 270 g/mol. The first-order chi connectivity index (χ1) is 9.24. The number of nitrogens with zero attached hydrogens (tertiary/aromatic N) is 3. The quantitative estimate of drug-likeness (QED) is 0.394. The van der Waals surface area contributed by atoms with Gasteiger partial charge in [-0.05, 0) is 43.0 Å². The van der Waals surface area contributed by atoms with E-state index in [2.05, 4.69) is 10.3 Å². The molecule has 0 fully saturated rings. The summed E-state index contributed by atoms with van der Waals surface area (Å²) in [7, 11) is 0. The van der Waals surface area contributed by atoms with Crippen LogP contribution in [-0.4, -0.2) is 16.0 Å². The van der Waals surface area contributed by atoms with Gasteiger partial charge in [-0.25, -0.2) is 4.99 Å². The minimum absolute atomic E-state index is 0.585. The molecule has 0 radical (unpaired) electrons. The maximum Gasteiger partial charge on any atom is 0.183 e. The molecule has 0 aliphatic heterocycles. The Balaban J connectivity index is 2.50. The minimum atomic E-state index is 0.585. The Morgan fingerprint density at radius 1 is 1.37 bits per heavy atom. The standard InChI is InChI=1S/C14H14N4S/c1-11-5-6-13(18-7-3-4-8-18)12(9-11)17-14(19-2)16-10-15/h3-9H,1-2H3,(H,16,17). The number of nitrogens with one attached hydrogen (secondary N) is 1. The molecular weight excluding hydrogens is 256 g/mol. The van der Waals surface area contributed by atoms with Gasteiger partial charge in [-0.3, -0.25) is 5.32 Å². The van der Waals surface area contributed by atoms with Crippen molar-refractivity contribution in [2.75, 3.05) is 6.26 Å². The molecule has 96 valence electrons. The molecule has 1 aromatic heterocycles. The summed E-state index contributed by atoms with van der Waals surface area (Å²) >= 11 is 1.41. The molecule has 0 aliphatic rings. The lowest BCUT2D eigenvalue weighted by Gasteiger charge is -2.09. The molecule has 0 unspecified atom stereocenters. The van der Waals surface area contributed by atoms with Crippen LogP contribution >= 0.6 is 11.8 Å². The fourth-order valence-electron chi connectivity index (χ4n) is 1.72. The van der Waals surface area contributed by atoms with Crippen LogP contribution in [0.5, 0.6) is 0 Å². The van der Waals surface area contributed by atoms with E-state index in [1.165, 1.54) is 11.8 Å². The molecule has 0 amide bonds. The summed E-state index contributed by atoms with van der Waals surface area (Å²) in [5.41, 5.74) is 2.96. The molecule has 19 heavy (non-hydrogen) atoms. The van der Waals surface area contributed by atoms with Crippen molar-refractivity contribution >= 4 is 22.6 Å². The van der Waals surface area contributed by atoms with Gasteiger partial charge < -0.3 is 4.57 Å². The fraction of sp³-hybridized carbons (Fsp3) is 0.143. The van der Waals surface area contributed by atoms with E-state index in [4.69, 9.17) is 5.26 Å². The first kappa shape index (κ1) is 13.2. The van der Waals surface area contributed by atoms with Gasteiger partial charge in [0.15, 0.2) is 11.4 Å². The second-order valence-corrected chi connectivity index (χ2v) is 4.74. The van der Waals surface area contributed by atoms with Crippen LogP contribution in [0.25, 0.3) is 5.69 Å². The van der Waals surface area contributed by atoms with E-state index in [9.17, 15) is 0 Å². The van der Waals surface area contributed by atoms with Crippen LogP contribution in [-0.2, 0) is 0 Å². The van der Waals surface area contributed by atoms with Gasteiger partial charge in [0.05, 0.1) is 11.4 Å². The third kappa shape index (κ3) is 3.18. The lowest BCUT2D eigenvalue weighted by atomic mass is 10.2. The lowest BCUT2D eigenvalue weighted by molar-refractivity contribution is 1.07. The van der Waals surface area contributed by atoms with Gasteiger partial charge >= 0.3 is 0 Å². The summed E-state index contributed by atoms with van der Waals surface area (Å²) in [5.74, 6) is 0. The van der Waals surface area contributed by atoms with Crippen LogP contribution in [0.2, 0.25) is 0 Å². The van der Waals surface area contributed by atoms with Crippen molar-refractivity contribution in [3.05, 3.63) is 48.3 Å². The van der Waals surface area contributed by atoms with Gasteiger partial charge in [-0.15, -0.1) is 0 Å². The number of rotatable bonds is 2. The van der Waals surface area contributed by atoms with Crippen molar-refractivity contribution in [1.29, 1.82) is 5.26 Å². The van der Waals surface area contributed by atoms with E-state index in [1.807, 2.05) is 66.7 Å². The minimum Gasteiger partial charge on any atom is -0.322 e. The van der Waals surface area contributed by atoms with Crippen molar-refractivity contribution in [3.63, 3.8) is 0 Å². The number of aryl methyl sites for hydroxylation is 1. The Kier molecular flexibility index (Phi) is 4.26. The molecule has 5 heteroatoms. The third-order valence-corrected chi connectivity index (χ3v) is 3.17. The highest BCUT2D eigenvalue weighted by Gasteiger charge is 2.05. The molecular formula is C14H14N4S. The molecule has 0 spiro atoms. The van der Waals surface area contributed by atoms with E-state index >= 15 is 0 Å². The second kappa shape index (κ2) is 6.12. The number of aliphatic imine (C=N–C) groups is 1. The zero-order chi connectivity index (χ0) is 13.7. The largest absolute Gasteiger partial charge is 0.322 e. The Bertz CT molecular complexity index is 623. The molecule has 4 nitrogen and oxygen atoms in total. The Morgan fingerprint density at radius 2 is 2.11 bits per heavy atom. The van der Waals surface area contributed by atoms with Crippen LogP contribution < -0.4 is 5.32 Å². The van der Waals surface area contributed by atoms with E-state index in [0.29, 0.717) is 5.17 Å².